The number of hydrogen-bond acceptors (Lipinski definition) is 2. The molecule has 4 aliphatic carbocycles. The summed E-state index contributed by atoms with van der Waals surface area (Å²) in [5.74, 6) is 0. The monoisotopic (exact) mass is 732 g/mol. The highest BCUT2D eigenvalue weighted by Crippen LogP contribution is 2.59. The second-order valence-corrected chi connectivity index (χ2v) is 17.7. The fraction of sp³-hybridized carbons (Fsp3) is 0.222. The largest absolute Gasteiger partial charge is 0.311 e. The summed E-state index contributed by atoms with van der Waals surface area (Å²) in [5.41, 5.74) is 24.2. The molecule has 6 aliphatic rings. The zero-order chi connectivity index (χ0) is 37.3. The summed E-state index contributed by atoms with van der Waals surface area (Å²) < 4.78 is 0. The van der Waals surface area contributed by atoms with Gasteiger partial charge in [-0.3, -0.25) is 0 Å². The van der Waals surface area contributed by atoms with Crippen LogP contribution in [0, 0.1) is 0 Å². The van der Waals surface area contributed by atoms with Crippen LogP contribution in [-0.4, -0.2) is 6.71 Å². The third-order valence-electron chi connectivity index (χ3n) is 15.2. The van der Waals surface area contributed by atoms with Crippen LogP contribution in [0.5, 0.6) is 0 Å². The van der Waals surface area contributed by atoms with Crippen molar-refractivity contribution >= 4 is 57.2 Å². The molecule has 0 bridgehead atoms. The lowest BCUT2D eigenvalue weighted by Crippen LogP contribution is -2.62. The van der Waals surface area contributed by atoms with Crippen LogP contribution in [0.15, 0.2) is 152 Å². The van der Waals surface area contributed by atoms with Crippen molar-refractivity contribution in [2.75, 3.05) is 9.80 Å². The Balaban J connectivity index is 1.09. The van der Waals surface area contributed by atoms with E-state index in [4.69, 9.17) is 0 Å². The Bertz CT molecular complexity index is 2790. The third-order valence-corrected chi connectivity index (χ3v) is 15.2. The van der Waals surface area contributed by atoms with Crippen molar-refractivity contribution in [1.29, 1.82) is 0 Å². The van der Waals surface area contributed by atoms with Gasteiger partial charge in [-0.2, -0.15) is 0 Å². The highest BCUT2D eigenvalue weighted by atomic mass is 15.2. The first kappa shape index (κ1) is 32.3. The number of fused-ring (bicyclic) bond motifs is 15. The molecule has 7 aromatic rings. The molecule has 2 spiro atoms. The molecule has 13 rings (SSSR count). The van der Waals surface area contributed by atoms with E-state index in [1.54, 1.807) is 16.7 Å². The van der Waals surface area contributed by atoms with Crippen LogP contribution in [0.3, 0.4) is 0 Å². The normalized spacial score (nSPS) is 18.4. The molecular formula is C54H45BN2. The van der Waals surface area contributed by atoms with Crippen molar-refractivity contribution in [1.82, 2.24) is 0 Å². The van der Waals surface area contributed by atoms with Crippen LogP contribution in [0.4, 0.5) is 34.1 Å². The maximum atomic E-state index is 2.62. The van der Waals surface area contributed by atoms with E-state index in [-0.39, 0.29) is 17.5 Å². The Labute approximate surface area is 336 Å². The fourth-order valence-electron chi connectivity index (χ4n) is 13.0. The number of rotatable bonds is 2. The zero-order valence-corrected chi connectivity index (χ0v) is 32.5. The van der Waals surface area contributed by atoms with Crippen molar-refractivity contribution in [3.8, 4) is 22.3 Å². The average molecular weight is 733 g/mol. The molecule has 3 heteroatoms. The van der Waals surface area contributed by atoms with Crippen LogP contribution in [0.2, 0.25) is 0 Å². The first-order chi connectivity index (χ1) is 28.3. The summed E-state index contributed by atoms with van der Waals surface area (Å²) in [6.45, 7) is 0.101. The molecule has 2 heterocycles. The van der Waals surface area contributed by atoms with Crippen molar-refractivity contribution in [2.45, 2.75) is 75.0 Å². The van der Waals surface area contributed by atoms with Crippen LogP contribution in [0.25, 0.3) is 22.3 Å². The molecule has 274 valence electrons. The van der Waals surface area contributed by atoms with E-state index in [9.17, 15) is 0 Å². The van der Waals surface area contributed by atoms with E-state index in [1.165, 1.54) is 143 Å². The van der Waals surface area contributed by atoms with Gasteiger partial charge >= 0.3 is 0 Å². The Kier molecular flexibility index (Phi) is 6.73. The van der Waals surface area contributed by atoms with Crippen LogP contribution < -0.4 is 26.2 Å². The second kappa shape index (κ2) is 11.9. The van der Waals surface area contributed by atoms with Gasteiger partial charge < -0.3 is 9.80 Å². The Morgan fingerprint density at radius 1 is 0.368 bits per heavy atom. The van der Waals surface area contributed by atoms with Crippen molar-refractivity contribution in [3.63, 3.8) is 0 Å². The van der Waals surface area contributed by atoms with Crippen molar-refractivity contribution in [2.24, 2.45) is 0 Å². The lowest BCUT2D eigenvalue weighted by Gasteiger charge is -2.45. The molecule has 0 amide bonds. The molecule has 0 radical (unpaired) electrons. The minimum atomic E-state index is 0.0911. The highest BCUT2D eigenvalue weighted by molar-refractivity contribution is 7.01. The summed E-state index contributed by atoms with van der Waals surface area (Å²) in [6.07, 6.45) is 12.8. The van der Waals surface area contributed by atoms with Gasteiger partial charge in [-0.25, -0.2) is 0 Å². The van der Waals surface area contributed by atoms with E-state index in [0.29, 0.717) is 0 Å². The molecule has 57 heavy (non-hydrogen) atoms. The van der Waals surface area contributed by atoms with Gasteiger partial charge in [-0.1, -0.05) is 142 Å². The molecule has 0 N–H and O–H groups in total. The Hall–Kier alpha value is -5.80. The molecule has 2 aliphatic heterocycles. The van der Waals surface area contributed by atoms with Gasteiger partial charge in [-0.15, -0.1) is 0 Å². The quantitative estimate of drug-likeness (QED) is 0.163. The zero-order valence-electron chi connectivity index (χ0n) is 32.5. The van der Waals surface area contributed by atoms with Crippen molar-refractivity contribution < 1.29 is 0 Å². The SMILES string of the molecule is c1ccc(N2c3cccc4c3B(c3ccccc3N4c3ccc4c(c3)C3(CCCCC3)c3ccccc3-4)c3c2ccc2c3-c3ccccc3C23CCCCC3)cc1. The van der Waals surface area contributed by atoms with Gasteiger partial charge in [-0.05, 0) is 135 Å². The molecule has 0 saturated heterocycles. The van der Waals surface area contributed by atoms with Crippen molar-refractivity contribution in [3.05, 3.63) is 174 Å². The maximum absolute atomic E-state index is 2.62. The lowest BCUT2D eigenvalue weighted by molar-refractivity contribution is 0.353. The van der Waals surface area contributed by atoms with E-state index in [2.05, 4.69) is 161 Å². The van der Waals surface area contributed by atoms with Gasteiger partial charge in [0.2, 0.25) is 0 Å². The summed E-state index contributed by atoms with van der Waals surface area (Å²) in [7, 11) is 0. The Morgan fingerprint density at radius 3 is 1.68 bits per heavy atom. The summed E-state index contributed by atoms with van der Waals surface area (Å²) in [6, 6.07) is 58.9. The standard InChI is InChI=1S/C54H45BN2/c1-4-17-36(18-5-1)56-47-25-16-26-48-51(47)55(52-49(56)30-29-43-50(52)40-20-7-9-22-42(40)53(43)31-12-2-13-32-53)45-23-10-11-24-46(45)57(48)37-27-28-39-38-19-6-8-21-41(38)54(44(39)35-37)33-14-3-15-34-54/h1,4-11,16-30,35H,2-3,12-15,31-34H2. The van der Waals surface area contributed by atoms with Crippen LogP contribution in [0.1, 0.15) is 86.5 Å². The van der Waals surface area contributed by atoms with E-state index in [0.717, 1.165) is 0 Å². The molecule has 2 saturated carbocycles. The minimum Gasteiger partial charge on any atom is -0.311 e. The Morgan fingerprint density at radius 2 is 0.930 bits per heavy atom. The van der Waals surface area contributed by atoms with Gasteiger partial charge in [0.25, 0.3) is 6.71 Å². The molecule has 0 atom stereocenters. The molecule has 0 aromatic heterocycles. The highest BCUT2D eigenvalue weighted by Gasteiger charge is 2.51. The lowest BCUT2D eigenvalue weighted by atomic mass is 9.32. The number of hydrogen-bond donors (Lipinski definition) is 0. The number of benzene rings is 7. The minimum absolute atomic E-state index is 0.0911. The third kappa shape index (κ3) is 4.17. The van der Waals surface area contributed by atoms with Crippen LogP contribution in [-0.2, 0) is 10.8 Å². The summed E-state index contributed by atoms with van der Waals surface area (Å²) in [5, 5.41) is 0. The predicted molar refractivity (Wildman–Crippen MR) is 239 cm³/mol. The molecular weight excluding hydrogens is 687 g/mol. The van der Waals surface area contributed by atoms with E-state index < -0.39 is 0 Å². The molecule has 2 nitrogen and oxygen atoms in total. The van der Waals surface area contributed by atoms with Crippen LogP contribution >= 0.6 is 0 Å². The fourth-order valence-corrected chi connectivity index (χ4v) is 13.0. The summed E-state index contributed by atoms with van der Waals surface area (Å²) >= 11 is 0. The predicted octanol–water partition coefficient (Wildman–Crippen LogP) is 12.2. The molecule has 7 aromatic carbocycles. The van der Waals surface area contributed by atoms with Gasteiger partial charge in [0.05, 0.1) is 0 Å². The first-order valence-corrected chi connectivity index (χ1v) is 21.7. The number of para-hydroxylation sites is 2. The second-order valence-electron chi connectivity index (χ2n) is 17.7. The van der Waals surface area contributed by atoms with E-state index in [1.807, 2.05) is 0 Å². The topological polar surface area (TPSA) is 6.48 Å². The maximum Gasteiger partial charge on any atom is 0.252 e. The first-order valence-electron chi connectivity index (χ1n) is 21.7. The van der Waals surface area contributed by atoms with E-state index >= 15 is 0 Å². The molecule has 2 fully saturated rings. The number of anilines is 6. The smallest absolute Gasteiger partial charge is 0.252 e. The van der Waals surface area contributed by atoms with Gasteiger partial charge in [0.15, 0.2) is 0 Å². The number of nitrogens with zero attached hydrogens (tertiary/aromatic N) is 2. The van der Waals surface area contributed by atoms with Gasteiger partial charge in [0, 0.05) is 45.0 Å². The average Bonchev–Trinajstić information content (AvgIpc) is 3.70. The summed E-state index contributed by atoms with van der Waals surface area (Å²) in [4.78, 5) is 5.21. The van der Waals surface area contributed by atoms with Gasteiger partial charge in [0.1, 0.15) is 0 Å². The molecule has 0 unspecified atom stereocenters.